The van der Waals surface area contributed by atoms with Gasteiger partial charge in [-0.3, -0.25) is 0 Å². The monoisotopic (exact) mass is 214 g/mol. The van der Waals surface area contributed by atoms with Crippen molar-refractivity contribution in [1.29, 1.82) is 0 Å². The molecule has 0 bridgehead atoms. The predicted molar refractivity (Wildman–Crippen MR) is 34.9 cm³/mol. The molecule has 1 N–H and O–H groups in total. The van der Waals surface area contributed by atoms with E-state index in [4.69, 9.17) is 5.11 Å². The predicted octanol–water partition coefficient (Wildman–Crippen LogP) is -0.0817. The average Bonchev–Trinajstić information content (AvgIpc) is 1.77. The summed E-state index contributed by atoms with van der Waals surface area (Å²) in [5.74, 6) is 0.426. The van der Waals surface area contributed by atoms with Gasteiger partial charge in [-0.2, -0.15) is 0 Å². The summed E-state index contributed by atoms with van der Waals surface area (Å²) >= 11 is 0.987. The molecule has 1 nitrogen and oxygen atoms in total. The van der Waals surface area contributed by atoms with Crippen molar-refractivity contribution < 1.29 is 5.11 Å². The van der Waals surface area contributed by atoms with Gasteiger partial charge in [-0.1, -0.05) is 0 Å². The summed E-state index contributed by atoms with van der Waals surface area (Å²) in [4.78, 5) is 0. The number of phenols is 1. The molecule has 0 atom stereocenters. The molecule has 8 heavy (non-hydrogen) atoms. The molecule has 0 aliphatic heterocycles. The molecule has 40 valence electrons. The van der Waals surface area contributed by atoms with E-state index >= 15 is 0 Å². The molecular weight excluding hydrogens is 207 g/mol. The first kappa shape index (κ1) is 5.95. The molecule has 1 aromatic rings. The third-order valence-electron chi connectivity index (χ3n) is 0.937. The van der Waals surface area contributed by atoms with Crippen LogP contribution in [0.15, 0.2) is 24.3 Å². The van der Waals surface area contributed by atoms with E-state index in [2.05, 4.69) is 0 Å². The van der Waals surface area contributed by atoms with E-state index in [1.54, 1.807) is 6.07 Å². The van der Waals surface area contributed by atoms with Crippen molar-refractivity contribution in [3.05, 3.63) is 24.3 Å². The first-order valence-corrected chi connectivity index (χ1v) is 3.99. The van der Waals surface area contributed by atoms with Gasteiger partial charge in [0, 0.05) is 0 Å². The second-order valence-electron chi connectivity index (χ2n) is 1.56. The molecule has 0 aliphatic rings. The third kappa shape index (κ3) is 1.15. The van der Waals surface area contributed by atoms with Crippen LogP contribution in [0, 0.1) is 0 Å². The van der Waals surface area contributed by atoms with Gasteiger partial charge in [0.25, 0.3) is 0 Å². The van der Waals surface area contributed by atoms with Crippen LogP contribution in [0.5, 0.6) is 5.75 Å². The molecule has 2 radical (unpaired) electrons. The van der Waals surface area contributed by atoms with Crippen LogP contribution in [-0.4, -0.2) is 27.6 Å². The summed E-state index contributed by atoms with van der Waals surface area (Å²) < 4.78 is 1.05. The molecule has 0 aromatic heterocycles. The zero-order chi connectivity index (χ0) is 5.98. The van der Waals surface area contributed by atoms with Gasteiger partial charge in [-0.15, -0.1) is 0 Å². The fourth-order valence-corrected chi connectivity index (χ4v) is 1.08. The van der Waals surface area contributed by atoms with Crippen molar-refractivity contribution in [2.75, 3.05) is 0 Å². The SMILES string of the molecule is Oc1cccc[c]1[SnH]. The summed E-state index contributed by atoms with van der Waals surface area (Å²) in [5.41, 5.74) is 0. The van der Waals surface area contributed by atoms with Crippen molar-refractivity contribution in [2.24, 2.45) is 0 Å². The fourth-order valence-electron chi connectivity index (χ4n) is 0.488. The number of phenolic OH excluding ortho intramolecular Hbond substituents is 1. The summed E-state index contributed by atoms with van der Waals surface area (Å²) in [6.45, 7) is 0. The molecule has 1 rings (SSSR count). The molecular formula is C6H6OSn. The molecule has 0 spiro atoms. The van der Waals surface area contributed by atoms with E-state index in [0.717, 1.165) is 26.1 Å². The number of rotatable bonds is 0. The average molecular weight is 213 g/mol. The zero-order valence-corrected chi connectivity index (χ0v) is 7.63. The van der Waals surface area contributed by atoms with Gasteiger partial charge in [0.2, 0.25) is 0 Å². The number of hydrogen-bond donors (Lipinski definition) is 1. The second-order valence-corrected chi connectivity index (χ2v) is 3.33. The van der Waals surface area contributed by atoms with Gasteiger partial charge >= 0.3 is 61.2 Å². The number of aromatic hydroxyl groups is 1. The van der Waals surface area contributed by atoms with Gasteiger partial charge in [0.05, 0.1) is 0 Å². The number of benzene rings is 1. The minimum absolute atomic E-state index is 0.426. The Hall–Kier alpha value is -0.181. The Balaban J connectivity index is 3.13. The Morgan fingerprint density at radius 2 is 1.88 bits per heavy atom. The Bertz CT molecular complexity index is 165. The number of para-hydroxylation sites is 1. The van der Waals surface area contributed by atoms with E-state index < -0.39 is 0 Å². The molecule has 0 fully saturated rings. The maximum atomic E-state index is 8.95. The van der Waals surface area contributed by atoms with Crippen LogP contribution in [0.25, 0.3) is 0 Å². The van der Waals surface area contributed by atoms with Crippen LogP contribution in [0.3, 0.4) is 0 Å². The molecule has 0 saturated carbocycles. The normalized spacial score (nSPS) is 9.12. The van der Waals surface area contributed by atoms with Gasteiger partial charge in [-0.25, -0.2) is 0 Å². The second kappa shape index (κ2) is 2.39. The summed E-state index contributed by atoms with van der Waals surface area (Å²) in [6.07, 6.45) is 0. The molecule has 0 amide bonds. The van der Waals surface area contributed by atoms with E-state index in [0.29, 0.717) is 5.75 Å². The van der Waals surface area contributed by atoms with Gasteiger partial charge in [0.1, 0.15) is 0 Å². The van der Waals surface area contributed by atoms with Crippen LogP contribution >= 0.6 is 0 Å². The topological polar surface area (TPSA) is 20.2 Å². The van der Waals surface area contributed by atoms with Crippen LogP contribution < -0.4 is 3.58 Å². The maximum absolute atomic E-state index is 8.95. The standard InChI is InChI=1S/C6H5O.Sn.H/c7-6-4-2-1-3-5-6;;/h1-4,7H;;. The Kier molecular flexibility index (Phi) is 1.78. The van der Waals surface area contributed by atoms with Crippen LogP contribution in [0.4, 0.5) is 0 Å². The Labute approximate surface area is 61.4 Å². The fraction of sp³-hybridized carbons (Fsp3) is 0. The van der Waals surface area contributed by atoms with Crippen molar-refractivity contribution in [3.63, 3.8) is 0 Å². The molecule has 0 saturated heterocycles. The molecule has 1 aromatic carbocycles. The molecule has 0 unspecified atom stereocenters. The van der Waals surface area contributed by atoms with E-state index in [1.807, 2.05) is 18.2 Å². The first-order chi connectivity index (χ1) is 3.80. The molecule has 0 heterocycles. The van der Waals surface area contributed by atoms with Crippen molar-refractivity contribution >= 4 is 26.1 Å². The minimum atomic E-state index is 0.426. The van der Waals surface area contributed by atoms with Gasteiger partial charge in [0.15, 0.2) is 0 Å². The summed E-state index contributed by atoms with van der Waals surface area (Å²) in [7, 11) is 0. The van der Waals surface area contributed by atoms with E-state index in [-0.39, 0.29) is 0 Å². The van der Waals surface area contributed by atoms with Gasteiger partial charge in [-0.05, 0) is 0 Å². The Morgan fingerprint density at radius 3 is 2.25 bits per heavy atom. The van der Waals surface area contributed by atoms with Crippen molar-refractivity contribution in [1.82, 2.24) is 0 Å². The van der Waals surface area contributed by atoms with Gasteiger partial charge < -0.3 is 0 Å². The first-order valence-electron chi connectivity index (χ1n) is 2.34. The van der Waals surface area contributed by atoms with Crippen LogP contribution in [0.2, 0.25) is 0 Å². The van der Waals surface area contributed by atoms with E-state index in [9.17, 15) is 0 Å². The summed E-state index contributed by atoms with van der Waals surface area (Å²) in [5, 5.41) is 8.95. The Morgan fingerprint density at radius 1 is 1.25 bits per heavy atom. The van der Waals surface area contributed by atoms with Crippen LogP contribution in [-0.2, 0) is 0 Å². The molecule has 0 aliphatic carbocycles. The summed E-state index contributed by atoms with van der Waals surface area (Å²) in [6, 6.07) is 7.40. The third-order valence-corrected chi connectivity index (χ3v) is 2.33. The zero-order valence-electron chi connectivity index (χ0n) is 4.33. The van der Waals surface area contributed by atoms with Crippen molar-refractivity contribution in [2.45, 2.75) is 0 Å². The molecule has 2 heteroatoms. The van der Waals surface area contributed by atoms with Crippen LogP contribution in [0.1, 0.15) is 0 Å². The number of hydrogen-bond acceptors (Lipinski definition) is 1. The van der Waals surface area contributed by atoms with E-state index in [1.165, 1.54) is 0 Å². The quantitative estimate of drug-likeness (QED) is 0.597. The van der Waals surface area contributed by atoms with Crippen molar-refractivity contribution in [3.8, 4) is 5.75 Å².